The van der Waals surface area contributed by atoms with Crippen LogP contribution in [0.3, 0.4) is 0 Å². The first-order chi connectivity index (χ1) is 33.6. The second kappa shape index (κ2) is 19.9. The van der Waals surface area contributed by atoms with Gasteiger partial charge in [-0.15, -0.1) is 12.4 Å². The predicted octanol–water partition coefficient (Wildman–Crippen LogP) is 9.56. The van der Waals surface area contributed by atoms with Crippen LogP contribution in [-0.4, -0.2) is 93.0 Å². The minimum absolute atomic E-state index is 0. The summed E-state index contributed by atoms with van der Waals surface area (Å²) in [5.74, 6) is -0.559. The summed E-state index contributed by atoms with van der Waals surface area (Å²) in [6, 6.07) is 29.0. The Morgan fingerprint density at radius 3 is 1.99 bits per heavy atom. The molecule has 9 aromatic rings. The van der Waals surface area contributed by atoms with Crippen molar-refractivity contribution in [3.8, 4) is 0 Å². The van der Waals surface area contributed by atoms with Gasteiger partial charge >= 0.3 is 0 Å². The second-order valence-corrected chi connectivity index (χ2v) is 19.7. The highest BCUT2D eigenvalue weighted by Crippen LogP contribution is 2.35. The number of hydrogen-bond acceptors (Lipinski definition) is 12. The van der Waals surface area contributed by atoms with Crippen LogP contribution in [0.4, 0.5) is 26.5 Å². The van der Waals surface area contributed by atoms with Crippen LogP contribution in [0, 0.1) is 18.6 Å². The Labute approximate surface area is 413 Å². The van der Waals surface area contributed by atoms with E-state index in [2.05, 4.69) is 47.1 Å². The molecule has 4 aromatic heterocycles. The van der Waals surface area contributed by atoms with Crippen LogP contribution in [0.25, 0.3) is 44.0 Å². The lowest BCUT2D eigenvalue weighted by Gasteiger charge is -2.29. The van der Waals surface area contributed by atoms with Gasteiger partial charge in [-0.05, 0) is 85.3 Å². The number of fused-ring (bicyclic) bond motifs is 8. The zero-order valence-corrected chi connectivity index (χ0v) is 40.6. The monoisotopic (exact) mass is 1010 g/mol. The number of hydrogen-bond donors (Lipinski definition) is 2. The van der Waals surface area contributed by atoms with Crippen molar-refractivity contribution >= 4 is 95.8 Å². The molecule has 8 heterocycles. The molecular formula is C51H50Cl2F2N8O6S. The molecule has 2 N–H and O–H groups in total. The first-order valence-corrected chi connectivity index (χ1v) is 24.9. The van der Waals surface area contributed by atoms with E-state index in [1.165, 1.54) is 33.4 Å². The van der Waals surface area contributed by atoms with Crippen molar-refractivity contribution in [2.75, 3.05) is 80.4 Å². The molecule has 13 rings (SSSR count). The number of halogens is 4. The smallest absolute Gasteiger partial charge is 0.298 e. The number of aryl methyl sites for hydroxylation is 1. The fraction of sp³-hybridized carbons (Fsp3) is 0.294. The lowest BCUT2D eigenvalue weighted by Crippen LogP contribution is -2.36. The molecule has 5 aromatic carbocycles. The Morgan fingerprint density at radius 2 is 1.30 bits per heavy atom. The van der Waals surface area contributed by atoms with Crippen LogP contribution in [-0.2, 0) is 45.4 Å². The van der Waals surface area contributed by atoms with Crippen LogP contribution >= 0.6 is 24.0 Å². The molecule has 0 amide bonds. The molecule has 4 aliphatic heterocycles. The normalized spacial score (nSPS) is 16.1. The number of H-pyrrole nitrogens is 1. The van der Waals surface area contributed by atoms with Crippen molar-refractivity contribution in [1.82, 2.24) is 24.2 Å². The van der Waals surface area contributed by atoms with E-state index in [0.29, 0.717) is 60.7 Å². The summed E-state index contributed by atoms with van der Waals surface area (Å²) in [7, 11) is -3.73. The highest BCUT2D eigenvalue weighted by molar-refractivity contribution is 7.90. The molecule has 0 atom stereocenters. The van der Waals surface area contributed by atoms with Gasteiger partial charge in [-0.25, -0.2) is 21.2 Å². The van der Waals surface area contributed by atoms with Gasteiger partial charge in [-0.2, -0.15) is 9.97 Å². The van der Waals surface area contributed by atoms with Gasteiger partial charge in [0.2, 0.25) is 0 Å². The average Bonchev–Trinajstić information content (AvgIpc) is 4.16. The molecule has 0 aliphatic carbocycles. The molecule has 14 nitrogen and oxygen atoms in total. The molecule has 2 fully saturated rings. The Bertz CT molecular complexity index is 3460. The van der Waals surface area contributed by atoms with Gasteiger partial charge in [-0.1, -0.05) is 29.3 Å². The highest BCUT2D eigenvalue weighted by Gasteiger charge is 2.29. The van der Waals surface area contributed by atoms with Crippen molar-refractivity contribution in [2.24, 2.45) is 0 Å². The highest BCUT2D eigenvalue weighted by atomic mass is 35.5. The van der Waals surface area contributed by atoms with Crippen LogP contribution in [0.1, 0.15) is 28.1 Å². The summed E-state index contributed by atoms with van der Waals surface area (Å²) in [6.45, 7) is 10.9. The van der Waals surface area contributed by atoms with Crippen LogP contribution in [0.5, 0.6) is 0 Å². The molecule has 70 heavy (non-hydrogen) atoms. The molecule has 4 aliphatic rings. The maximum atomic E-state index is 13.8. The quantitative estimate of drug-likeness (QED) is 0.169. The third-order valence-electron chi connectivity index (χ3n) is 13.1. The SMILES string of the molecule is Cc1ccc(S(=O)(=O)n2c3c(c4cc(F)ccc42)CNCC3)cc1.Cl.Clc1ccc2nc(N3CCOCC3)oc2c1.Fc1ccc2[nH]c3c(c2c1)CN(c1ccc2nc(N4CCOCC4)oc2c1)CC3. The van der Waals surface area contributed by atoms with E-state index >= 15 is 0 Å². The zero-order chi connectivity index (χ0) is 47.2. The molecule has 0 unspecified atom stereocenters. The van der Waals surface area contributed by atoms with Gasteiger partial charge in [0.25, 0.3) is 22.1 Å². The standard InChI is InChI=1S/C22H21FN4O2.C18H17FN2O2S.C11H11ClN2O2.ClH/c23-14-1-3-18-16(11-14)17-13-27(6-5-19(17)24-18)15-2-4-20-21(12-15)29-22(25-20)26-7-9-28-10-8-26;1-12-2-5-14(6-3-12)24(22,23)21-17-7-4-13(19)10-15(17)16-11-20-9-8-18(16)21;12-8-1-2-9-10(7-8)16-11(13-9)14-3-5-15-6-4-14;/h1-4,11-12,24H,5-10,13H2;2-7,10,20H,8-9,11H2,1H3;1-2,7H,3-6H2;1H. The maximum absolute atomic E-state index is 13.8. The number of ether oxygens (including phenoxy) is 2. The lowest BCUT2D eigenvalue weighted by atomic mass is 10.0. The Morgan fingerprint density at radius 1 is 0.671 bits per heavy atom. The van der Waals surface area contributed by atoms with Crippen LogP contribution in [0.2, 0.25) is 5.02 Å². The third-order valence-corrected chi connectivity index (χ3v) is 15.1. The van der Waals surface area contributed by atoms with Crippen LogP contribution in [0.15, 0.2) is 111 Å². The minimum Gasteiger partial charge on any atom is -0.423 e. The van der Waals surface area contributed by atoms with Crippen molar-refractivity contribution in [3.63, 3.8) is 0 Å². The molecule has 364 valence electrons. The Kier molecular flexibility index (Phi) is 13.5. The summed E-state index contributed by atoms with van der Waals surface area (Å²) in [5, 5.41) is 5.53. The molecule has 0 saturated carbocycles. The largest absolute Gasteiger partial charge is 0.423 e. The minimum atomic E-state index is -3.73. The van der Waals surface area contributed by atoms with Gasteiger partial charge in [0.1, 0.15) is 22.7 Å². The Hall–Kier alpha value is -6.21. The van der Waals surface area contributed by atoms with E-state index in [-0.39, 0.29) is 28.9 Å². The molecule has 0 radical (unpaired) electrons. The van der Waals surface area contributed by atoms with E-state index in [1.54, 1.807) is 42.5 Å². The fourth-order valence-electron chi connectivity index (χ4n) is 9.48. The van der Waals surface area contributed by atoms with Crippen molar-refractivity contribution < 1.29 is 35.5 Å². The maximum Gasteiger partial charge on any atom is 0.298 e. The predicted molar refractivity (Wildman–Crippen MR) is 270 cm³/mol. The molecular weight excluding hydrogens is 962 g/mol. The molecule has 19 heteroatoms. The van der Waals surface area contributed by atoms with Crippen LogP contribution < -0.4 is 20.0 Å². The third kappa shape index (κ3) is 9.41. The fourth-order valence-corrected chi connectivity index (χ4v) is 11.2. The van der Waals surface area contributed by atoms with E-state index in [1.807, 2.05) is 31.2 Å². The summed E-state index contributed by atoms with van der Waals surface area (Å²) in [6.07, 6.45) is 1.50. The second-order valence-electron chi connectivity index (χ2n) is 17.5. The van der Waals surface area contributed by atoms with E-state index in [4.69, 9.17) is 29.9 Å². The van der Waals surface area contributed by atoms with Crippen molar-refractivity contribution in [2.45, 2.75) is 37.8 Å². The van der Waals surface area contributed by atoms with Gasteiger partial charge in [0.15, 0.2) is 11.2 Å². The first kappa shape index (κ1) is 47.5. The number of nitrogens with one attached hydrogen (secondary N) is 2. The van der Waals surface area contributed by atoms with E-state index < -0.39 is 10.0 Å². The van der Waals surface area contributed by atoms with Gasteiger partial charge in [0.05, 0.1) is 36.8 Å². The zero-order valence-electron chi connectivity index (χ0n) is 38.2. The van der Waals surface area contributed by atoms with Crippen molar-refractivity contribution in [3.05, 3.63) is 142 Å². The summed E-state index contributed by atoms with van der Waals surface area (Å²) < 4.78 is 77.7. The van der Waals surface area contributed by atoms with Gasteiger partial charge in [0, 0.05) is 121 Å². The molecule has 0 spiro atoms. The summed E-state index contributed by atoms with van der Waals surface area (Å²) >= 11 is 5.89. The number of aromatic nitrogens is 4. The first-order valence-electron chi connectivity index (χ1n) is 23.1. The summed E-state index contributed by atoms with van der Waals surface area (Å²) in [5.41, 5.74) is 10.8. The number of oxazole rings is 2. The number of rotatable bonds is 5. The van der Waals surface area contributed by atoms with E-state index in [0.717, 1.165) is 115 Å². The number of aromatic amines is 1. The van der Waals surface area contributed by atoms with Crippen molar-refractivity contribution in [1.29, 1.82) is 0 Å². The number of morpholine rings is 2. The number of nitrogens with zero attached hydrogens (tertiary/aromatic N) is 6. The van der Waals surface area contributed by atoms with Gasteiger partial charge in [-0.3, -0.25) is 0 Å². The van der Waals surface area contributed by atoms with Gasteiger partial charge < -0.3 is 43.3 Å². The molecule has 2 saturated heterocycles. The topological polar surface area (TPSA) is 147 Å². The average molecular weight is 1010 g/mol. The lowest BCUT2D eigenvalue weighted by molar-refractivity contribution is 0.120. The number of benzene rings is 5. The summed E-state index contributed by atoms with van der Waals surface area (Å²) in [4.78, 5) is 19.3. The van der Waals surface area contributed by atoms with E-state index in [9.17, 15) is 17.2 Å². The molecule has 0 bridgehead atoms. The Balaban J connectivity index is 0.000000126. The number of anilines is 3.